The first-order valence-electron chi connectivity index (χ1n) is 24.8. The first-order valence-corrected chi connectivity index (χ1v) is 25.6. The van der Waals surface area contributed by atoms with Gasteiger partial charge in [0.25, 0.3) is 0 Å². The second-order valence-electron chi connectivity index (χ2n) is 19.6. The van der Waals surface area contributed by atoms with Crippen LogP contribution in [0.3, 0.4) is 0 Å². The molecule has 11 aromatic carbocycles. The number of furan rings is 1. The Balaban J connectivity index is 0.885. The van der Waals surface area contributed by atoms with Crippen molar-refractivity contribution in [3.8, 4) is 66.8 Å². The first kappa shape index (κ1) is 42.1. The Kier molecular flexibility index (Phi) is 9.77. The van der Waals surface area contributed by atoms with E-state index >= 15 is 0 Å². The summed E-state index contributed by atoms with van der Waals surface area (Å²) in [5, 5.41) is 4.89. The number of benzene rings is 11. The fraction of sp³-hybridized carbons (Fsp3) is 0.0435. The molecule has 72 heavy (non-hydrogen) atoms. The SMILES string of the molecule is CC1(C)c2ccc(-c3cccc(N(c4ccc(-c5ccc6sc7ccccc7c6c5)cc4)c4ccc(-c5cccc6oc7ccccc7c56)cc4)c3)cc2-c2c(-c3ccccc3)cc(-c3ccccc3)cc21. The molecule has 0 amide bonds. The third-order valence-electron chi connectivity index (χ3n) is 15.1. The quantitative estimate of drug-likeness (QED) is 0.151. The summed E-state index contributed by atoms with van der Waals surface area (Å²) < 4.78 is 8.94. The highest BCUT2D eigenvalue weighted by atomic mass is 32.1. The van der Waals surface area contributed by atoms with Gasteiger partial charge in [0.15, 0.2) is 0 Å². The van der Waals surface area contributed by atoms with E-state index in [9.17, 15) is 0 Å². The average Bonchev–Trinajstić information content (AvgIpc) is 4.09. The monoisotopic (exact) mass is 937 g/mol. The Labute approximate surface area is 423 Å². The van der Waals surface area contributed by atoms with Gasteiger partial charge in [-0.2, -0.15) is 0 Å². The maximum absolute atomic E-state index is 6.31. The van der Waals surface area contributed by atoms with Crippen molar-refractivity contribution in [3.05, 3.63) is 260 Å². The summed E-state index contributed by atoms with van der Waals surface area (Å²) >= 11 is 1.86. The van der Waals surface area contributed by atoms with E-state index < -0.39 is 0 Å². The number of para-hydroxylation sites is 1. The van der Waals surface area contributed by atoms with Crippen LogP contribution in [0.5, 0.6) is 0 Å². The van der Waals surface area contributed by atoms with Gasteiger partial charge >= 0.3 is 0 Å². The van der Waals surface area contributed by atoms with Crippen molar-refractivity contribution in [3.63, 3.8) is 0 Å². The summed E-state index contributed by atoms with van der Waals surface area (Å²) in [5.74, 6) is 0. The lowest BCUT2D eigenvalue weighted by Crippen LogP contribution is -2.15. The van der Waals surface area contributed by atoms with E-state index in [4.69, 9.17) is 4.42 Å². The van der Waals surface area contributed by atoms with Crippen molar-refractivity contribution in [2.24, 2.45) is 0 Å². The van der Waals surface area contributed by atoms with Gasteiger partial charge in [0, 0.05) is 53.4 Å². The van der Waals surface area contributed by atoms with Crippen LogP contribution >= 0.6 is 11.3 Å². The van der Waals surface area contributed by atoms with Gasteiger partial charge in [0.2, 0.25) is 0 Å². The minimum absolute atomic E-state index is 0.187. The fourth-order valence-corrected chi connectivity index (χ4v) is 12.6. The highest BCUT2D eigenvalue weighted by Crippen LogP contribution is 2.54. The summed E-state index contributed by atoms with van der Waals surface area (Å²) in [7, 11) is 0. The number of rotatable bonds is 8. The molecular formula is C69H47NOS. The van der Waals surface area contributed by atoms with Crippen molar-refractivity contribution in [1.29, 1.82) is 0 Å². The van der Waals surface area contributed by atoms with E-state index in [1.54, 1.807) is 0 Å². The van der Waals surface area contributed by atoms with E-state index in [1.165, 1.54) is 81.4 Å². The highest BCUT2D eigenvalue weighted by Gasteiger charge is 2.38. The Morgan fingerprint density at radius 3 is 1.68 bits per heavy atom. The van der Waals surface area contributed by atoms with E-state index in [-0.39, 0.29) is 5.41 Å². The Bertz CT molecular complexity index is 4220. The molecule has 14 rings (SSSR count). The van der Waals surface area contributed by atoms with Crippen molar-refractivity contribution >= 4 is 70.5 Å². The van der Waals surface area contributed by atoms with Gasteiger partial charge in [-0.25, -0.2) is 0 Å². The molecule has 1 aliphatic rings. The summed E-state index contributed by atoms with van der Waals surface area (Å²) in [4.78, 5) is 2.39. The summed E-state index contributed by atoms with van der Waals surface area (Å²) in [6.07, 6.45) is 0. The van der Waals surface area contributed by atoms with Crippen LogP contribution in [0.15, 0.2) is 253 Å². The molecule has 0 aliphatic heterocycles. The van der Waals surface area contributed by atoms with Crippen LogP contribution in [0.4, 0.5) is 17.1 Å². The van der Waals surface area contributed by atoms with Gasteiger partial charge in [-0.15, -0.1) is 11.3 Å². The van der Waals surface area contributed by atoms with Crippen molar-refractivity contribution in [1.82, 2.24) is 0 Å². The molecule has 1 aliphatic carbocycles. The van der Waals surface area contributed by atoms with Crippen molar-refractivity contribution < 1.29 is 4.42 Å². The van der Waals surface area contributed by atoms with Gasteiger partial charge in [0.05, 0.1) is 0 Å². The van der Waals surface area contributed by atoms with Gasteiger partial charge in [0.1, 0.15) is 11.2 Å². The van der Waals surface area contributed by atoms with Crippen LogP contribution in [0.25, 0.3) is 109 Å². The minimum Gasteiger partial charge on any atom is -0.456 e. The average molecular weight is 938 g/mol. The molecule has 2 aromatic heterocycles. The standard InChI is InChI=1S/C69H47NOS/c1-69(2)61-37-31-50(41-60(61)67-58(46-17-7-4-8-18-46)42-51(43-62(67)69)44-15-5-3-6-16-44)48-19-13-20-54(39-48)70(52-33-27-45(28-34-52)49-32-38-66-59(40-49)56-21-10-12-26-65(56)72-66)53-35-29-47(30-36-53)55-23-14-25-64-68(55)57-22-9-11-24-63(57)71-64/h3-43H,1-2H3. The lowest BCUT2D eigenvalue weighted by molar-refractivity contribution is 0.661. The molecule has 0 atom stereocenters. The zero-order valence-electron chi connectivity index (χ0n) is 39.9. The Hall–Kier alpha value is -8.76. The lowest BCUT2D eigenvalue weighted by atomic mass is 9.80. The molecular weight excluding hydrogens is 891 g/mol. The third-order valence-corrected chi connectivity index (χ3v) is 16.2. The largest absolute Gasteiger partial charge is 0.456 e. The van der Waals surface area contributed by atoms with Gasteiger partial charge in [-0.3, -0.25) is 0 Å². The van der Waals surface area contributed by atoms with Gasteiger partial charge in [-0.1, -0.05) is 178 Å². The second kappa shape index (κ2) is 16.7. The van der Waals surface area contributed by atoms with Crippen LogP contribution in [-0.2, 0) is 5.41 Å². The topological polar surface area (TPSA) is 16.4 Å². The molecule has 0 bridgehead atoms. The summed E-state index contributed by atoms with van der Waals surface area (Å²) in [5.41, 5.74) is 22.2. The minimum atomic E-state index is -0.187. The Morgan fingerprint density at radius 1 is 0.333 bits per heavy atom. The first-order chi connectivity index (χ1) is 35.4. The normalized spacial score (nSPS) is 12.7. The van der Waals surface area contributed by atoms with Crippen LogP contribution in [0, 0.1) is 0 Å². The molecule has 340 valence electrons. The van der Waals surface area contributed by atoms with Crippen LogP contribution in [0.2, 0.25) is 0 Å². The molecule has 0 unspecified atom stereocenters. The van der Waals surface area contributed by atoms with Crippen molar-refractivity contribution in [2.75, 3.05) is 4.90 Å². The molecule has 2 heterocycles. The number of fused-ring (bicyclic) bond motifs is 9. The number of hydrogen-bond acceptors (Lipinski definition) is 3. The smallest absolute Gasteiger partial charge is 0.136 e. The van der Waals surface area contributed by atoms with Gasteiger partial charge in [-0.05, 0) is 163 Å². The van der Waals surface area contributed by atoms with Crippen LogP contribution in [-0.4, -0.2) is 0 Å². The molecule has 13 aromatic rings. The molecule has 0 saturated carbocycles. The maximum Gasteiger partial charge on any atom is 0.136 e. The Morgan fingerprint density at radius 2 is 0.889 bits per heavy atom. The lowest BCUT2D eigenvalue weighted by Gasteiger charge is -2.26. The number of anilines is 3. The second-order valence-corrected chi connectivity index (χ2v) is 20.7. The zero-order valence-corrected chi connectivity index (χ0v) is 40.8. The molecule has 0 N–H and O–H groups in total. The molecule has 3 heteroatoms. The molecule has 0 saturated heterocycles. The van der Waals surface area contributed by atoms with Crippen LogP contribution in [0.1, 0.15) is 25.0 Å². The predicted octanol–water partition coefficient (Wildman–Crippen LogP) is 20.1. The number of nitrogens with zero attached hydrogens (tertiary/aromatic N) is 1. The molecule has 2 nitrogen and oxygen atoms in total. The predicted molar refractivity (Wildman–Crippen MR) is 306 cm³/mol. The number of hydrogen-bond donors (Lipinski definition) is 0. The number of thiophene rings is 1. The van der Waals surface area contributed by atoms with E-state index in [1.807, 2.05) is 23.5 Å². The van der Waals surface area contributed by atoms with Crippen LogP contribution < -0.4 is 4.90 Å². The summed E-state index contributed by atoms with van der Waals surface area (Å²) in [6.45, 7) is 4.77. The molecule has 0 spiro atoms. The third kappa shape index (κ3) is 6.92. The molecule has 0 radical (unpaired) electrons. The zero-order chi connectivity index (χ0) is 47.9. The maximum atomic E-state index is 6.31. The van der Waals surface area contributed by atoms with E-state index in [0.29, 0.717) is 0 Å². The van der Waals surface area contributed by atoms with Gasteiger partial charge < -0.3 is 9.32 Å². The van der Waals surface area contributed by atoms with E-state index in [0.717, 1.165) is 55.7 Å². The summed E-state index contributed by atoms with van der Waals surface area (Å²) in [6, 6.07) is 91.2. The highest BCUT2D eigenvalue weighted by molar-refractivity contribution is 7.25. The molecule has 0 fully saturated rings. The van der Waals surface area contributed by atoms with Crippen molar-refractivity contribution in [2.45, 2.75) is 19.3 Å². The fourth-order valence-electron chi connectivity index (χ4n) is 11.5. The van der Waals surface area contributed by atoms with E-state index in [2.05, 4.69) is 255 Å².